The average Bonchev–Trinajstić information content (AvgIpc) is 3.08. The Bertz CT molecular complexity index is 1330. The third-order valence-corrected chi connectivity index (χ3v) is 7.65. The molecule has 5 rings (SSSR count). The van der Waals surface area contributed by atoms with E-state index in [2.05, 4.69) is 6.92 Å². The van der Waals surface area contributed by atoms with Crippen LogP contribution in [-0.4, -0.2) is 34.2 Å². The van der Waals surface area contributed by atoms with E-state index in [1.54, 1.807) is 36.1 Å². The number of nitrogens with zero attached hydrogens (tertiary/aromatic N) is 2. The normalized spacial score (nSPS) is 21.5. The van der Waals surface area contributed by atoms with Crippen molar-refractivity contribution in [2.24, 2.45) is 0 Å². The zero-order chi connectivity index (χ0) is 25.1. The standard InChI is InChI=1S/C29H27ClN2O3/c1-18(31-26(34)21-9-5-6-10-22(21)27(31)35)25(33)32-24-12-8-7-11-23(24)29(4,17-28(32,2)3)19-13-15-20(30)16-14-19/h5-16,18H,17H2,1-4H3/t18-,29+/m0/s1. The van der Waals surface area contributed by atoms with Gasteiger partial charge in [-0.2, -0.15) is 0 Å². The van der Waals surface area contributed by atoms with E-state index in [0.717, 1.165) is 21.7 Å². The number of rotatable bonds is 3. The molecule has 0 fully saturated rings. The van der Waals surface area contributed by atoms with Crippen molar-refractivity contribution < 1.29 is 14.4 Å². The number of fused-ring (bicyclic) bond motifs is 2. The molecule has 0 aromatic heterocycles. The molecular formula is C29H27ClN2O3. The summed E-state index contributed by atoms with van der Waals surface area (Å²) >= 11 is 6.16. The lowest BCUT2D eigenvalue weighted by atomic mass is 9.65. The Morgan fingerprint density at radius 1 is 0.857 bits per heavy atom. The Kier molecular flexibility index (Phi) is 5.37. The molecule has 0 spiro atoms. The molecule has 0 N–H and O–H groups in total. The highest BCUT2D eigenvalue weighted by Gasteiger charge is 2.50. The molecule has 2 heterocycles. The van der Waals surface area contributed by atoms with Crippen molar-refractivity contribution in [3.05, 3.63) is 100 Å². The van der Waals surface area contributed by atoms with Gasteiger partial charge in [-0.05, 0) is 68.7 Å². The molecule has 0 unspecified atom stereocenters. The molecule has 35 heavy (non-hydrogen) atoms. The molecule has 0 saturated carbocycles. The van der Waals surface area contributed by atoms with E-state index in [9.17, 15) is 14.4 Å². The monoisotopic (exact) mass is 486 g/mol. The van der Waals surface area contributed by atoms with Gasteiger partial charge < -0.3 is 4.90 Å². The molecule has 5 nitrogen and oxygen atoms in total. The van der Waals surface area contributed by atoms with Gasteiger partial charge in [0.15, 0.2) is 0 Å². The highest BCUT2D eigenvalue weighted by molar-refractivity contribution is 6.30. The van der Waals surface area contributed by atoms with Crippen LogP contribution in [0.1, 0.15) is 66.0 Å². The third-order valence-electron chi connectivity index (χ3n) is 7.40. The van der Waals surface area contributed by atoms with Crippen molar-refractivity contribution in [1.82, 2.24) is 4.90 Å². The number of halogens is 1. The first-order chi connectivity index (χ1) is 16.6. The maximum atomic E-state index is 14.1. The second-order valence-electron chi connectivity index (χ2n) is 10.2. The fourth-order valence-electron chi connectivity index (χ4n) is 5.85. The van der Waals surface area contributed by atoms with Crippen molar-refractivity contribution >= 4 is 35.0 Å². The first kappa shape index (κ1) is 23.3. The number of para-hydroxylation sites is 1. The molecule has 3 amide bonds. The first-order valence-corrected chi connectivity index (χ1v) is 12.1. The highest BCUT2D eigenvalue weighted by atomic mass is 35.5. The molecule has 0 aliphatic carbocycles. The number of benzene rings is 3. The van der Waals surface area contributed by atoms with Gasteiger partial charge in [0.25, 0.3) is 17.7 Å². The van der Waals surface area contributed by atoms with Gasteiger partial charge in [-0.3, -0.25) is 19.3 Å². The van der Waals surface area contributed by atoms with Gasteiger partial charge in [-0.25, -0.2) is 0 Å². The van der Waals surface area contributed by atoms with Crippen LogP contribution in [0.15, 0.2) is 72.8 Å². The SMILES string of the molecule is C[C@@H](C(=O)N1c2ccccc2[C@@](C)(c2ccc(Cl)cc2)CC1(C)C)N1C(=O)c2ccccc2C1=O. The molecule has 0 saturated heterocycles. The van der Waals surface area contributed by atoms with Crippen LogP contribution < -0.4 is 4.90 Å². The molecule has 2 aliphatic heterocycles. The van der Waals surface area contributed by atoms with E-state index in [0.29, 0.717) is 22.6 Å². The van der Waals surface area contributed by atoms with Gasteiger partial charge in [0.05, 0.1) is 11.1 Å². The minimum Gasteiger partial charge on any atom is -0.305 e. The number of hydrogen-bond acceptors (Lipinski definition) is 3. The first-order valence-electron chi connectivity index (χ1n) is 11.7. The molecular weight excluding hydrogens is 460 g/mol. The summed E-state index contributed by atoms with van der Waals surface area (Å²) in [4.78, 5) is 43.1. The van der Waals surface area contributed by atoms with Crippen LogP contribution in [0.4, 0.5) is 5.69 Å². The zero-order valence-electron chi connectivity index (χ0n) is 20.2. The van der Waals surface area contributed by atoms with E-state index < -0.39 is 23.4 Å². The molecule has 0 bridgehead atoms. The van der Waals surface area contributed by atoms with Crippen LogP contribution in [0.25, 0.3) is 0 Å². The summed E-state index contributed by atoms with van der Waals surface area (Å²) in [6, 6.07) is 21.5. The average molecular weight is 487 g/mol. The van der Waals surface area contributed by atoms with Crippen LogP contribution in [0.2, 0.25) is 5.02 Å². The van der Waals surface area contributed by atoms with Gasteiger partial charge in [-0.15, -0.1) is 0 Å². The number of amides is 3. The minimum absolute atomic E-state index is 0.282. The summed E-state index contributed by atoms with van der Waals surface area (Å²) < 4.78 is 0. The van der Waals surface area contributed by atoms with Crippen molar-refractivity contribution in [2.75, 3.05) is 4.90 Å². The van der Waals surface area contributed by atoms with Crippen molar-refractivity contribution in [2.45, 2.75) is 51.1 Å². The second kappa shape index (κ2) is 8.06. The highest BCUT2D eigenvalue weighted by Crippen LogP contribution is 2.50. The Labute approximate surface area is 210 Å². The van der Waals surface area contributed by atoms with Gasteiger partial charge >= 0.3 is 0 Å². The van der Waals surface area contributed by atoms with Crippen LogP contribution in [0.3, 0.4) is 0 Å². The van der Waals surface area contributed by atoms with E-state index in [1.165, 1.54) is 0 Å². The predicted molar refractivity (Wildman–Crippen MR) is 137 cm³/mol. The Morgan fingerprint density at radius 3 is 2.00 bits per heavy atom. The second-order valence-corrected chi connectivity index (χ2v) is 10.7. The number of carbonyl (C=O) groups is 3. The molecule has 3 aromatic rings. The van der Waals surface area contributed by atoms with Crippen LogP contribution in [-0.2, 0) is 10.2 Å². The largest absolute Gasteiger partial charge is 0.305 e. The topological polar surface area (TPSA) is 57.7 Å². The fourth-order valence-corrected chi connectivity index (χ4v) is 5.98. The van der Waals surface area contributed by atoms with E-state index in [-0.39, 0.29) is 11.3 Å². The van der Waals surface area contributed by atoms with Crippen LogP contribution >= 0.6 is 11.6 Å². The summed E-state index contributed by atoms with van der Waals surface area (Å²) in [7, 11) is 0. The lowest BCUT2D eigenvalue weighted by Crippen LogP contribution is -2.60. The molecule has 2 aliphatic rings. The third kappa shape index (κ3) is 3.49. The van der Waals surface area contributed by atoms with Crippen LogP contribution in [0, 0.1) is 0 Å². The Morgan fingerprint density at radius 2 is 1.40 bits per heavy atom. The number of imide groups is 1. The van der Waals surface area contributed by atoms with E-state index in [4.69, 9.17) is 11.6 Å². The molecule has 3 aromatic carbocycles. The van der Waals surface area contributed by atoms with Crippen molar-refractivity contribution in [3.8, 4) is 0 Å². The summed E-state index contributed by atoms with van der Waals surface area (Å²) in [6.07, 6.45) is 0.652. The summed E-state index contributed by atoms with van der Waals surface area (Å²) in [5.41, 5.74) is 2.64. The van der Waals surface area contributed by atoms with Crippen molar-refractivity contribution in [3.63, 3.8) is 0 Å². The van der Waals surface area contributed by atoms with Gasteiger partial charge in [0.1, 0.15) is 6.04 Å². The van der Waals surface area contributed by atoms with Crippen molar-refractivity contribution in [1.29, 1.82) is 0 Å². The molecule has 0 radical (unpaired) electrons. The predicted octanol–water partition coefficient (Wildman–Crippen LogP) is 5.85. The zero-order valence-corrected chi connectivity index (χ0v) is 21.0. The van der Waals surface area contributed by atoms with Gasteiger partial charge in [0, 0.05) is 21.7 Å². The van der Waals surface area contributed by atoms with Gasteiger partial charge in [-0.1, -0.05) is 61.0 Å². The van der Waals surface area contributed by atoms with E-state index >= 15 is 0 Å². The van der Waals surface area contributed by atoms with Gasteiger partial charge in [0.2, 0.25) is 0 Å². The van der Waals surface area contributed by atoms with Crippen LogP contribution in [0.5, 0.6) is 0 Å². The minimum atomic E-state index is -0.949. The number of hydrogen-bond donors (Lipinski definition) is 0. The Balaban J connectivity index is 1.57. The molecule has 6 heteroatoms. The maximum absolute atomic E-state index is 14.1. The summed E-state index contributed by atoms with van der Waals surface area (Å²) in [5, 5.41) is 0.673. The summed E-state index contributed by atoms with van der Waals surface area (Å²) in [6.45, 7) is 7.89. The Hall–Kier alpha value is -3.44. The molecule has 2 atom stereocenters. The quantitative estimate of drug-likeness (QED) is 0.436. The lowest BCUT2D eigenvalue weighted by Gasteiger charge is -2.52. The maximum Gasteiger partial charge on any atom is 0.262 e. The lowest BCUT2D eigenvalue weighted by molar-refractivity contribution is -0.123. The number of anilines is 1. The fraction of sp³-hybridized carbons (Fsp3) is 0.276. The number of carbonyl (C=O) groups excluding carboxylic acids is 3. The summed E-state index contributed by atoms with van der Waals surface area (Å²) in [5.74, 6) is -1.14. The van der Waals surface area contributed by atoms with E-state index in [1.807, 2.05) is 62.4 Å². The smallest absolute Gasteiger partial charge is 0.262 e. The molecule has 178 valence electrons.